The number of aromatic nitrogens is 1. The summed E-state index contributed by atoms with van der Waals surface area (Å²) in [4.78, 5) is 27.8. The van der Waals surface area contributed by atoms with E-state index in [2.05, 4.69) is 46.3 Å². The Morgan fingerprint density at radius 1 is 0.697 bits per heavy atom. The summed E-state index contributed by atoms with van der Waals surface area (Å²) in [5.41, 5.74) is 5.58. The number of halogens is 2. The Morgan fingerprint density at radius 2 is 1.12 bits per heavy atom. The van der Waals surface area contributed by atoms with E-state index in [1.807, 2.05) is 46.4 Å². The second kappa shape index (κ2) is 10.7. The monoisotopic (exact) mass is 518 g/mol. The average Bonchev–Trinajstić information content (AvgIpc) is 3.36. The Kier molecular flexibility index (Phi) is 8.66. The summed E-state index contributed by atoms with van der Waals surface area (Å²) in [5, 5.41) is 0. The normalized spacial score (nSPS) is 21.5. The molecule has 0 spiro atoms. The molecule has 0 fully saturated rings. The van der Waals surface area contributed by atoms with Crippen LogP contribution in [-0.2, 0) is 18.6 Å². The number of nitrogens with zero attached hydrogens (tertiary/aromatic N) is 7. The van der Waals surface area contributed by atoms with Crippen LogP contribution in [0.4, 0.5) is 0 Å². The number of hydrogen-bond acceptors (Lipinski definition) is 7. The van der Waals surface area contributed by atoms with E-state index in [0.717, 1.165) is 34.2 Å². The molecule has 0 N–H and O–H groups in total. The molecule has 10 heteroatoms. The van der Waals surface area contributed by atoms with Crippen LogP contribution in [0.15, 0.2) is 86.0 Å². The standard InChI is InChI=1S/C23H23N7.2ClH.V/c1-29(2)14-8-10-16-20(12-14)27-22(25-16)18-6-5-7-19(24-18)23-26-17-11-9-15(30(3)4)13-21(17)28-23;;;/h5-13,16-17H,1-4H3;2*1H;/q;;;+2/p-2. The third kappa shape index (κ3) is 5.22. The molecule has 4 aliphatic rings. The first-order chi connectivity index (χ1) is 14.5. The molecule has 0 amide bonds. The minimum atomic E-state index is -0.0409. The summed E-state index contributed by atoms with van der Waals surface area (Å²) in [6.45, 7) is 0. The summed E-state index contributed by atoms with van der Waals surface area (Å²) >= 11 is 0. The largest absolute Gasteiger partial charge is 2.00 e. The molecule has 1 aromatic heterocycles. The molecule has 33 heavy (non-hydrogen) atoms. The smallest absolute Gasteiger partial charge is 1.00 e. The van der Waals surface area contributed by atoms with Crippen molar-refractivity contribution in [3.05, 3.63) is 77.4 Å². The van der Waals surface area contributed by atoms with E-state index in [1.54, 1.807) is 0 Å². The zero-order valence-electron chi connectivity index (χ0n) is 18.7. The first-order valence-corrected chi connectivity index (χ1v) is 9.93. The molecule has 5 rings (SSSR count). The quantitative estimate of drug-likeness (QED) is 0.411. The van der Waals surface area contributed by atoms with Crippen LogP contribution in [0.3, 0.4) is 0 Å². The third-order valence-corrected chi connectivity index (χ3v) is 5.33. The van der Waals surface area contributed by atoms with Gasteiger partial charge in [0, 0.05) is 39.6 Å². The second-order valence-electron chi connectivity index (χ2n) is 7.92. The second-order valence-corrected chi connectivity index (χ2v) is 7.92. The number of likely N-dealkylation sites (N-methyl/N-ethyl adjacent to an activating group) is 2. The first kappa shape index (κ1) is 26.8. The molecule has 2 aliphatic carbocycles. The zero-order chi connectivity index (χ0) is 20.8. The van der Waals surface area contributed by atoms with Crippen LogP contribution in [-0.4, -0.2) is 78.2 Å². The molecule has 0 saturated heterocycles. The summed E-state index contributed by atoms with van der Waals surface area (Å²) in [7, 11) is 8.08. The van der Waals surface area contributed by atoms with Crippen molar-refractivity contribution in [2.75, 3.05) is 28.2 Å². The van der Waals surface area contributed by atoms with Gasteiger partial charge < -0.3 is 34.6 Å². The summed E-state index contributed by atoms with van der Waals surface area (Å²) in [6.07, 6.45) is 12.4. The number of fused-ring (bicyclic) bond motifs is 2. The molecule has 1 radical (unpaired) electrons. The van der Waals surface area contributed by atoms with E-state index in [4.69, 9.17) is 25.0 Å². The van der Waals surface area contributed by atoms with Crippen LogP contribution in [0, 0.1) is 0 Å². The molecule has 2 unspecified atom stereocenters. The van der Waals surface area contributed by atoms with Crippen molar-refractivity contribution in [1.82, 2.24) is 14.8 Å². The Hall–Kier alpha value is -2.45. The van der Waals surface area contributed by atoms with Crippen molar-refractivity contribution in [2.45, 2.75) is 12.1 Å². The number of amidine groups is 2. The number of hydrogen-bond donors (Lipinski definition) is 0. The SMILES string of the molecule is CN(C)C1=CC2=NC(c3cccc(C4=NC5C=CC(N(C)C)=CC5=N4)n3)=NC2C=C1.[Cl-].[Cl-].[V+2]. The van der Waals surface area contributed by atoms with Gasteiger partial charge in [-0.3, -0.25) is 9.98 Å². The van der Waals surface area contributed by atoms with Gasteiger partial charge in [0.1, 0.15) is 23.5 Å². The minimum absolute atomic E-state index is 0. The maximum absolute atomic E-state index is 4.77. The van der Waals surface area contributed by atoms with E-state index in [0.29, 0.717) is 11.7 Å². The van der Waals surface area contributed by atoms with Crippen molar-refractivity contribution >= 4 is 23.1 Å². The molecular weight excluding hydrogens is 496 g/mol. The molecule has 0 bridgehead atoms. The third-order valence-electron chi connectivity index (χ3n) is 5.33. The topological polar surface area (TPSA) is 68.8 Å². The fraction of sp³-hybridized carbons (Fsp3) is 0.261. The molecule has 169 valence electrons. The van der Waals surface area contributed by atoms with Crippen molar-refractivity contribution in [3.63, 3.8) is 0 Å². The van der Waals surface area contributed by atoms with Gasteiger partial charge in [-0.05, 0) is 36.4 Å². The van der Waals surface area contributed by atoms with E-state index in [-0.39, 0.29) is 55.5 Å². The Balaban J connectivity index is 0.00000128. The summed E-state index contributed by atoms with van der Waals surface area (Å²) in [5.74, 6) is 1.30. The molecule has 0 aromatic carbocycles. The predicted octanol–water partition coefficient (Wildman–Crippen LogP) is -3.74. The molecule has 0 saturated carbocycles. The van der Waals surface area contributed by atoms with Crippen LogP contribution < -0.4 is 24.8 Å². The van der Waals surface area contributed by atoms with Gasteiger partial charge in [0.25, 0.3) is 0 Å². The van der Waals surface area contributed by atoms with Crippen LogP contribution in [0.2, 0.25) is 0 Å². The van der Waals surface area contributed by atoms with Gasteiger partial charge in [-0.15, -0.1) is 0 Å². The number of pyridine rings is 1. The van der Waals surface area contributed by atoms with E-state index >= 15 is 0 Å². The van der Waals surface area contributed by atoms with Gasteiger partial charge in [0.05, 0.1) is 11.4 Å². The van der Waals surface area contributed by atoms with Crippen LogP contribution >= 0.6 is 0 Å². The van der Waals surface area contributed by atoms with Gasteiger partial charge in [-0.1, -0.05) is 18.2 Å². The predicted molar refractivity (Wildman–Crippen MR) is 122 cm³/mol. The molecule has 2 atom stereocenters. The maximum Gasteiger partial charge on any atom is 2.00 e. The van der Waals surface area contributed by atoms with Crippen molar-refractivity contribution in [3.8, 4) is 0 Å². The van der Waals surface area contributed by atoms with Gasteiger partial charge in [0.15, 0.2) is 11.7 Å². The number of allylic oxidation sites excluding steroid dienone is 2. The Morgan fingerprint density at radius 3 is 1.52 bits per heavy atom. The zero-order valence-corrected chi connectivity index (χ0v) is 21.6. The summed E-state index contributed by atoms with van der Waals surface area (Å²) in [6, 6.07) is 5.75. The van der Waals surface area contributed by atoms with E-state index in [1.165, 1.54) is 0 Å². The molecule has 3 heterocycles. The average molecular weight is 519 g/mol. The Labute approximate surface area is 218 Å². The van der Waals surface area contributed by atoms with Crippen LogP contribution in [0.1, 0.15) is 11.4 Å². The number of aliphatic imine (C=N–C) groups is 4. The molecule has 1 aromatic rings. The molecule has 2 aliphatic heterocycles. The molecule has 7 nitrogen and oxygen atoms in total. The minimum Gasteiger partial charge on any atom is -1.00 e. The number of rotatable bonds is 4. The van der Waals surface area contributed by atoms with Crippen LogP contribution in [0.25, 0.3) is 0 Å². The van der Waals surface area contributed by atoms with E-state index < -0.39 is 0 Å². The van der Waals surface area contributed by atoms with Crippen LogP contribution in [0.5, 0.6) is 0 Å². The fourth-order valence-electron chi connectivity index (χ4n) is 3.61. The molecular formula is C23H23Cl2N7V. The van der Waals surface area contributed by atoms with Crippen molar-refractivity contribution in [2.24, 2.45) is 20.0 Å². The van der Waals surface area contributed by atoms with Gasteiger partial charge in [-0.2, -0.15) is 0 Å². The van der Waals surface area contributed by atoms with Gasteiger partial charge in [-0.25, -0.2) is 15.0 Å². The first-order valence-electron chi connectivity index (χ1n) is 9.93. The summed E-state index contributed by atoms with van der Waals surface area (Å²) < 4.78 is 0. The maximum atomic E-state index is 4.77. The van der Waals surface area contributed by atoms with Crippen molar-refractivity contribution < 1.29 is 43.4 Å². The van der Waals surface area contributed by atoms with Gasteiger partial charge in [0.2, 0.25) is 0 Å². The fourth-order valence-corrected chi connectivity index (χ4v) is 3.61. The Bertz CT molecular complexity index is 1090. The van der Waals surface area contributed by atoms with E-state index in [9.17, 15) is 0 Å². The van der Waals surface area contributed by atoms with Gasteiger partial charge >= 0.3 is 18.6 Å². The van der Waals surface area contributed by atoms with Crippen molar-refractivity contribution in [1.29, 1.82) is 0 Å².